The smallest absolute Gasteiger partial charge is 0.181 e. The van der Waals surface area contributed by atoms with Crippen LogP contribution in [0.3, 0.4) is 0 Å². The van der Waals surface area contributed by atoms with Crippen LogP contribution < -0.4 is 0 Å². The SMILES string of the molecule is CCCC(Cl)(C(=O)CCc1ccccc1)S(=O)c1ccc(C)cc1. The molecule has 0 saturated carbocycles. The molecule has 0 fully saturated rings. The van der Waals surface area contributed by atoms with E-state index in [4.69, 9.17) is 11.6 Å². The van der Waals surface area contributed by atoms with E-state index in [2.05, 4.69) is 0 Å². The lowest BCUT2D eigenvalue weighted by Gasteiger charge is -2.24. The van der Waals surface area contributed by atoms with E-state index >= 15 is 0 Å². The maximum absolute atomic E-state index is 13.0. The lowest BCUT2D eigenvalue weighted by atomic mass is 10.0. The molecule has 2 nitrogen and oxygen atoms in total. The second-order valence-electron chi connectivity index (χ2n) is 5.97. The highest BCUT2D eigenvalue weighted by atomic mass is 35.5. The molecule has 0 saturated heterocycles. The Morgan fingerprint density at radius 2 is 1.71 bits per heavy atom. The van der Waals surface area contributed by atoms with Crippen molar-refractivity contribution in [3.63, 3.8) is 0 Å². The summed E-state index contributed by atoms with van der Waals surface area (Å²) in [7, 11) is -1.57. The molecule has 128 valence electrons. The number of rotatable bonds is 8. The molecule has 2 atom stereocenters. The summed E-state index contributed by atoms with van der Waals surface area (Å²) in [5, 5.41) is 0. The topological polar surface area (TPSA) is 34.1 Å². The zero-order valence-electron chi connectivity index (χ0n) is 14.1. The Morgan fingerprint density at radius 3 is 2.29 bits per heavy atom. The van der Waals surface area contributed by atoms with E-state index < -0.39 is 15.0 Å². The Morgan fingerprint density at radius 1 is 1.08 bits per heavy atom. The van der Waals surface area contributed by atoms with E-state index in [-0.39, 0.29) is 5.78 Å². The molecule has 0 aliphatic rings. The summed E-state index contributed by atoms with van der Waals surface area (Å²) < 4.78 is 11.6. The van der Waals surface area contributed by atoms with Crippen LogP contribution in [-0.4, -0.2) is 14.2 Å². The summed E-state index contributed by atoms with van der Waals surface area (Å²) in [5.74, 6) is -0.145. The minimum atomic E-state index is -1.57. The first-order chi connectivity index (χ1) is 11.5. The first-order valence-electron chi connectivity index (χ1n) is 8.22. The van der Waals surface area contributed by atoms with Gasteiger partial charge in [0.05, 0.1) is 10.8 Å². The minimum Gasteiger partial charge on any atom is -0.297 e. The summed E-state index contributed by atoms with van der Waals surface area (Å²) in [6.45, 7) is 3.92. The van der Waals surface area contributed by atoms with Crippen molar-refractivity contribution in [2.24, 2.45) is 0 Å². The molecular formula is C20H23ClO2S. The molecule has 4 heteroatoms. The van der Waals surface area contributed by atoms with E-state index in [9.17, 15) is 9.00 Å². The summed E-state index contributed by atoms with van der Waals surface area (Å²) in [5.41, 5.74) is 2.17. The predicted molar refractivity (Wildman–Crippen MR) is 101 cm³/mol. The van der Waals surface area contributed by atoms with Crippen LogP contribution in [0.25, 0.3) is 0 Å². The van der Waals surface area contributed by atoms with Gasteiger partial charge in [0.25, 0.3) is 0 Å². The first-order valence-corrected chi connectivity index (χ1v) is 9.75. The molecule has 0 amide bonds. The van der Waals surface area contributed by atoms with Crippen LogP contribution >= 0.6 is 11.6 Å². The number of hydrogen-bond donors (Lipinski definition) is 0. The largest absolute Gasteiger partial charge is 0.297 e. The van der Waals surface area contributed by atoms with E-state index in [1.807, 2.05) is 56.3 Å². The van der Waals surface area contributed by atoms with Gasteiger partial charge in [0.15, 0.2) is 9.99 Å². The van der Waals surface area contributed by atoms with Crippen LogP contribution in [0.2, 0.25) is 0 Å². The van der Waals surface area contributed by atoms with Crippen LogP contribution in [0, 0.1) is 6.92 Å². The molecule has 24 heavy (non-hydrogen) atoms. The van der Waals surface area contributed by atoms with Crippen LogP contribution in [0.4, 0.5) is 0 Å². The molecule has 0 radical (unpaired) electrons. The lowest BCUT2D eigenvalue weighted by molar-refractivity contribution is -0.119. The molecule has 0 aliphatic heterocycles. The first kappa shape index (κ1) is 18.9. The summed E-state index contributed by atoms with van der Waals surface area (Å²) >= 11 is 6.63. The number of alkyl halides is 1. The second-order valence-corrected chi connectivity index (χ2v) is 8.54. The molecule has 0 aliphatic carbocycles. The number of carbonyl (C=O) groups excluding carboxylic acids is 1. The van der Waals surface area contributed by atoms with Gasteiger partial charge >= 0.3 is 0 Å². The number of carbonyl (C=O) groups is 1. The maximum Gasteiger partial charge on any atom is 0.181 e. The van der Waals surface area contributed by atoms with Crippen molar-refractivity contribution in [3.8, 4) is 0 Å². The van der Waals surface area contributed by atoms with Gasteiger partial charge < -0.3 is 0 Å². The van der Waals surface area contributed by atoms with Crippen LogP contribution in [0.1, 0.15) is 37.3 Å². The number of benzene rings is 2. The average Bonchev–Trinajstić information content (AvgIpc) is 2.60. The van der Waals surface area contributed by atoms with Crippen molar-refractivity contribution >= 4 is 28.2 Å². The van der Waals surface area contributed by atoms with Crippen LogP contribution in [0.5, 0.6) is 0 Å². The Balaban J connectivity index is 2.17. The van der Waals surface area contributed by atoms with Gasteiger partial charge in [0, 0.05) is 11.3 Å². The fourth-order valence-electron chi connectivity index (χ4n) is 2.59. The van der Waals surface area contributed by atoms with Gasteiger partial charge in [-0.05, 0) is 37.5 Å². The van der Waals surface area contributed by atoms with Crippen molar-refractivity contribution in [1.82, 2.24) is 0 Å². The van der Waals surface area contributed by atoms with Crippen molar-refractivity contribution in [3.05, 3.63) is 65.7 Å². The monoisotopic (exact) mass is 362 g/mol. The molecule has 0 bridgehead atoms. The Kier molecular flexibility index (Phi) is 6.76. The lowest BCUT2D eigenvalue weighted by Crippen LogP contribution is -2.37. The number of aryl methyl sites for hydroxylation is 2. The van der Waals surface area contributed by atoms with E-state index in [1.165, 1.54) is 0 Å². The van der Waals surface area contributed by atoms with Crippen molar-refractivity contribution < 1.29 is 9.00 Å². The Labute approximate surface area is 151 Å². The molecular weight excluding hydrogens is 340 g/mol. The normalized spacial score (nSPS) is 14.8. The van der Waals surface area contributed by atoms with Gasteiger partial charge in [-0.2, -0.15) is 0 Å². The molecule has 0 N–H and O–H groups in total. The fourth-order valence-corrected chi connectivity index (χ4v) is 4.60. The molecule has 2 unspecified atom stereocenters. The van der Waals surface area contributed by atoms with Crippen molar-refractivity contribution in [2.75, 3.05) is 0 Å². The standard InChI is InChI=1S/C20H23ClO2S/c1-3-15-20(21,24(23)18-12-9-16(2)10-13-18)19(22)14-11-17-7-5-4-6-8-17/h4-10,12-13H,3,11,14-15H2,1-2H3. The molecule has 2 rings (SSSR count). The summed E-state index contributed by atoms with van der Waals surface area (Å²) in [4.78, 5) is 13.4. The van der Waals surface area contributed by atoms with E-state index in [0.29, 0.717) is 30.6 Å². The van der Waals surface area contributed by atoms with Crippen molar-refractivity contribution in [1.29, 1.82) is 0 Å². The van der Waals surface area contributed by atoms with Crippen molar-refractivity contribution in [2.45, 2.75) is 48.6 Å². The quantitative estimate of drug-likeness (QED) is 0.616. The number of halogens is 1. The van der Waals surface area contributed by atoms with Gasteiger partial charge in [-0.1, -0.05) is 73.0 Å². The number of hydrogen-bond acceptors (Lipinski definition) is 2. The van der Waals surface area contributed by atoms with Crippen LogP contribution in [0.15, 0.2) is 59.5 Å². The third-order valence-electron chi connectivity index (χ3n) is 4.00. The van der Waals surface area contributed by atoms with E-state index in [1.54, 1.807) is 12.1 Å². The zero-order valence-corrected chi connectivity index (χ0v) is 15.7. The molecule has 2 aromatic carbocycles. The molecule has 0 spiro atoms. The third kappa shape index (κ3) is 4.55. The Hall–Kier alpha value is -1.45. The van der Waals surface area contributed by atoms with E-state index in [0.717, 1.165) is 11.1 Å². The van der Waals surface area contributed by atoms with Gasteiger partial charge in [0.2, 0.25) is 0 Å². The fraction of sp³-hybridized carbons (Fsp3) is 0.350. The van der Waals surface area contributed by atoms with Gasteiger partial charge in [0.1, 0.15) is 0 Å². The second kappa shape index (κ2) is 8.59. The molecule has 0 heterocycles. The highest BCUT2D eigenvalue weighted by molar-refractivity contribution is 7.89. The maximum atomic E-state index is 13.0. The molecule has 2 aromatic rings. The predicted octanol–water partition coefficient (Wildman–Crippen LogP) is 5.04. The average molecular weight is 363 g/mol. The summed E-state index contributed by atoms with van der Waals surface area (Å²) in [6, 6.07) is 17.2. The van der Waals surface area contributed by atoms with Gasteiger partial charge in [-0.3, -0.25) is 9.00 Å². The zero-order chi connectivity index (χ0) is 17.6. The highest BCUT2D eigenvalue weighted by Crippen LogP contribution is 2.33. The van der Waals surface area contributed by atoms with Gasteiger partial charge in [-0.15, -0.1) is 0 Å². The summed E-state index contributed by atoms with van der Waals surface area (Å²) in [6.07, 6.45) is 2.02. The minimum absolute atomic E-state index is 0.145. The molecule has 0 aromatic heterocycles. The third-order valence-corrected chi connectivity index (χ3v) is 6.54. The van der Waals surface area contributed by atoms with Crippen LogP contribution in [-0.2, 0) is 22.0 Å². The van der Waals surface area contributed by atoms with Gasteiger partial charge in [-0.25, -0.2) is 0 Å². The highest BCUT2D eigenvalue weighted by Gasteiger charge is 2.41. The number of ketones is 1. The Bertz CT molecular complexity index is 697. The number of Topliss-reactive ketones (excluding diaryl/α,β-unsaturated/α-hetero) is 1.